The molecule has 0 aliphatic carbocycles. The van der Waals surface area contributed by atoms with E-state index >= 15 is 0 Å². The molecule has 0 aromatic carbocycles. The highest BCUT2D eigenvalue weighted by atomic mass is 16.6. The molecule has 1 amide bonds. The molecule has 1 saturated heterocycles. The molecule has 2 aliphatic rings. The summed E-state index contributed by atoms with van der Waals surface area (Å²) >= 11 is 0. The van der Waals surface area contributed by atoms with Crippen LogP contribution in [0.3, 0.4) is 0 Å². The van der Waals surface area contributed by atoms with Gasteiger partial charge in [-0.1, -0.05) is 0 Å². The Morgan fingerprint density at radius 2 is 1.96 bits per heavy atom. The van der Waals surface area contributed by atoms with Gasteiger partial charge in [-0.2, -0.15) is 0 Å². The second-order valence-electron chi connectivity index (χ2n) is 5.84. The van der Waals surface area contributed by atoms with Gasteiger partial charge < -0.3 is 24.0 Å². The molecular weight excluding hydrogens is 300 g/mol. The van der Waals surface area contributed by atoms with Gasteiger partial charge in [-0.25, -0.2) is 0 Å². The van der Waals surface area contributed by atoms with Crippen molar-refractivity contribution in [3.63, 3.8) is 0 Å². The van der Waals surface area contributed by atoms with Crippen LogP contribution < -0.4 is 0 Å². The summed E-state index contributed by atoms with van der Waals surface area (Å²) in [5, 5.41) is 17.4. The SMILES string of the molecule is CC1=C(C(=O)N2CCC(c3nnc(CO)n3C)CC2)OCCO1. The fourth-order valence-corrected chi connectivity index (χ4v) is 3.07. The van der Waals surface area contributed by atoms with E-state index in [9.17, 15) is 9.90 Å². The fourth-order valence-electron chi connectivity index (χ4n) is 3.07. The van der Waals surface area contributed by atoms with Crippen molar-refractivity contribution in [2.45, 2.75) is 32.3 Å². The van der Waals surface area contributed by atoms with E-state index in [1.807, 2.05) is 11.6 Å². The summed E-state index contributed by atoms with van der Waals surface area (Å²) < 4.78 is 12.7. The molecule has 8 heteroatoms. The summed E-state index contributed by atoms with van der Waals surface area (Å²) in [5.41, 5.74) is 0. The van der Waals surface area contributed by atoms with Crippen molar-refractivity contribution in [2.24, 2.45) is 7.05 Å². The maximum atomic E-state index is 12.5. The number of piperidine rings is 1. The first-order valence-electron chi connectivity index (χ1n) is 7.86. The summed E-state index contributed by atoms with van der Waals surface area (Å²) in [4.78, 5) is 14.3. The number of aliphatic hydroxyl groups excluding tert-OH is 1. The maximum Gasteiger partial charge on any atom is 0.292 e. The number of hydrogen-bond donors (Lipinski definition) is 1. The number of hydrogen-bond acceptors (Lipinski definition) is 6. The van der Waals surface area contributed by atoms with Gasteiger partial charge in [-0.05, 0) is 19.8 Å². The summed E-state index contributed by atoms with van der Waals surface area (Å²) in [5.74, 6) is 2.46. The maximum absolute atomic E-state index is 12.5. The first kappa shape index (κ1) is 15.8. The van der Waals surface area contributed by atoms with Crippen LogP contribution >= 0.6 is 0 Å². The van der Waals surface area contributed by atoms with Gasteiger partial charge in [0, 0.05) is 26.1 Å². The fraction of sp³-hybridized carbons (Fsp3) is 0.667. The van der Waals surface area contributed by atoms with Gasteiger partial charge >= 0.3 is 0 Å². The van der Waals surface area contributed by atoms with Gasteiger partial charge in [0.25, 0.3) is 5.91 Å². The minimum absolute atomic E-state index is 0.102. The van der Waals surface area contributed by atoms with E-state index in [1.165, 1.54) is 0 Å². The van der Waals surface area contributed by atoms with Crippen LogP contribution in [0.1, 0.15) is 37.3 Å². The van der Waals surface area contributed by atoms with E-state index in [-0.39, 0.29) is 18.4 Å². The normalized spacial score (nSPS) is 19.5. The molecule has 0 radical (unpaired) electrons. The molecule has 23 heavy (non-hydrogen) atoms. The number of allylic oxidation sites excluding steroid dienone is 1. The lowest BCUT2D eigenvalue weighted by Crippen LogP contribution is -2.40. The van der Waals surface area contributed by atoms with Gasteiger partial charge in [0.2, 0.25) is 5.76 Å². The first-order chi connectivity index (χ1) is 11.1. The zero-order chi connectivity index (χ0) is 16.4. The van der Waals surface area contributed by atoms with Crippen LogP contribution in [0.15, 0.2) is 11.5 Å². The van der Waals surface area contributed by atoms with Gasteiger partial charge in [0.05, 0.1) is 0 Å². The van der Waals surface area contributed by atoms with Crippen molar-refractivity contribution < 1.29 is 19.4 Å². The Kier molecular flexibility index (Phi) is 4.51. The molecule has 126 valence electrons. The predicted molar refractivity (Wildman–Crippen MR) is 80.1 cm³/mol. The second-order valence-corrected chi connectivity index (χ2v) is 5.84. The Bertz CT molecular complexity index is 617. The van der Waals surface area contributed by atoms with Crippen molar-refractivity contribution >= 4 is 5.91 Å². The van der Waals surface area contributed by atoms with Crippen LogP contribution in [0, 0.1) is 0 Å². The van der Waals surface area contributed by atoms with Gasteiger partial charge in [-0.3, -0.25) is 4.79 Å². The lowest BCUT2D eigenvalue weighted by molar-refractivity contribution is -0.133. The first-order valence-corrected chi connectivity index (χ1v) is 7.86. The molecule has 1 fully saturated rings. The average molecular weight is 322 g/mol. The number of aliphatic hydroxyl groups is 1. The van der Waals surface area contributed by atoms with Crippen molar-refractivity contribution in [1.82, 2.24) is 19.7 Å². The third-order valence-electron chi connectivity index (χ3n) is 4.45. The lowest BCUT2D eigenvalue weighted by Gasteiger charge is -2.32. The molecular formula is C15H22N4O4. The second kappa shape index (κ2) is 6.57. The van der Waals surface area contributed by atoms with Crippen molar-refractivity contribution in [1.29, 1.82) is 0 Å². The smallest absolute Gasteiger partial charge is 0.292 e. The van der Waals surface area contributed by atoms with E-state index in [0.717, 1.165) is 18.7 Å². The number of amides is 1. The minimum atomic E-state index is -0.119. The molecule has 0 bridgehead atoms. The van der Waals surface area contributed by atoms with E-state index < -0.39 is 0 Å². The molecule has 1 N–H and O–H groups in total. The van der Waals surface area contributed by atoms with Crippen molar-refractivity contribution in [2.75, 3.05) is 26.3 Å². The van der Waals surface area contributed by atoms with Crippen LogP contribution in [0.25, 0.3) is 0 Å². The number of aromatic nitrogens is 3. The molecule has 3 rings (SSSR count). The third kappa shape index (κ3) is 3.03. The Labute approximate surface area is 134 Å². The number of carbonyl (C=O) groups excluding carboxylic acids is 1. The molecule has 3 heterocycles. The summed E-state index contributed by atoms with van der Waals surface area (Å²) in [6, 6.07) is 0. The number of likely N-dealkylation sites (tertiary alicyclic amines) is 1. The average Bonchev–Trinajstić information content (AvgIpc) is 2.95. The molecule has 0 atom stereocenters. The molecule has 1 aromatic rings. The van der Waals surface area contributed by atoms with Crippen LogP contribution in [0.4, 0.5) is 0 Å². The van der Waals surface area contributed by atoms with E-state index in [2.05, 4.69) is 10.2 Å². The Morgan fingerprint density at radius 1 is 1.26 bits per heavy atom. The summed E-state index contributed by atoms with van der Waals surface area (Å²) in [7, 11) is 1.86. The lowest BCUT2D eigenvalue weighted by atomic mass is 9.95. The van der Waals surface area contributed by atoms with Crippen LogP contribution in [-0.2, 0) is 27.9 Å². The Balaban J connectivity index is 1.64. The van der Waals surface area contributed by atoms with E-state index in [1.54, 1.807) is 11.8 Å². The highest BCUT2D eigenvalue weighted by molar-refractivity contribution is 5.92. The highest BCUT2D eigenvalue weighted by Gasteiger charge is 2.31. The molecule has 1 aromatic heterocycles. The molecule has 0 unspecified atom stereocenters. The summed E-state index contributed by atoms with van der Waals surface area (Å²) in [6.45, 7) is 3.83. The number of carbonyl (C=O) groups is 1. The quantitative estimate of drug-likeness (QED) is 0.860. The molecule has 2 aliphatic heterocycles. The minimum Gasteiger partial charge on any atom is -0.491 e. The van der Waals surface area contributed by atoms with Crippen LogP contribution in [-0.4, -0.2) is 57.0 Å². The summed E-state index contributed by atoms with van der Waals surface area (Å²) in [6.07, 6.45) is 1.63. The number of rotatable bonds is 3. The number of nitrogens with zero attached hydrogens (tertiary/aromatic N) is 4. The van der Waals surface area contributed by atoms with E-state index in [4.69, 9.17) is 9.47 Å². The zero-order valence-electron chi connectivity index (χ0n) is 13.5. The highest BCUT2D eigenvalue weighted by Crippen LogP contribution is 2.28. The van der Waals surface area contributed by atoms with Crippen LogP contribution in [0.5, 0.6) is 0 Å². The van der Waals surface area contributed by atoms with Crippen molar-refractivity contribution in [3.8, 4) is 0 Å². The van der Waals surface area contributed by atoms with Crippen LogP contribution in [0.2, 0.25) is 0 Å². The Hall–Kier alpha value is -2.09. The molecule has 8 nitrogen and oxygen atoms in total. The van der Waals surface area contributed by atoms with Crippen molar-refractivity contribution in [3.05, 3.63) is 23.2 Å². The largest absolute Gasteiger partial charge is 0.491 e. The standard InChI is InChI=1S/C15H22N4O4/c1-10-13(23-8-7-22-10)15(21)19-5-3-11(4-6-19)14-17-16-12(9-20)18(14)2/h11,20H,3-9H2,1-2H3. The third-order valence-corrected chi connectivity index (χ3v) is 4.45. The number of ether oxygens (including phenoxy) is 2. The van der Waals surface area contributed by atoms with E-state index in [0.29, 0.717) is 43.6 Å². The predicted octanol–water partition coefficient (Wildman–Crippen LogP) is 0.292. The zero-order valence-corrected chi connectivity index (χ0v) is 13.5. The monoisotopic (exact) mass is 322 g/mol. The topological polar surface area (TPSA) is 89.7 Å². The van der Waals surface area contributed by atoms with Gasteiger partial charge in [-0.15, -0.1) is 10.2 Å². The van der Waals surface area contributed by atoms with Gasteiger partial charge in [0.15, 0.2) is 5.82 Å². The molecule has 0 saturated carbocycles. The molecule has 0 spiro atoms. The van der Waals surface area contributed by atoms with Gasteiger partial charge in [0.1, 0.15) is 31.4 Å². The Morgan fingerprint density at radius 3 is 2.57 bits per heavy atom.